The van der Waals surface area contributed by atoms with Gasteiger partial charge in [-0.1, -0.05) is 0 Å². The third-order valence-corrected chi connectivity index (χ3v) is 4.58. The molecule has 2 aromatic heterocycles. The van der Waals surface area contributed by atoms with Crippen LogP contribution in [0.3, 0.4) is 0 Å². The predicted molar refractivity (Wildman–Crippen MR) is 73.9 cm³/mol. The first-order valence-electron chi connectivity index (χ1n) is 7.23. The van der Waals surface area contributed by atoms with Crippen LogP contribution in [-0.4, -0.2) is 28.6 Å². The van der Waals surface area contributed by atoms with E-state index in [0.717, 1.165) is 31.2 Å². The Morgan fingerprint density at radius 3 is 2.75 bits per heavy atom. The second kappa shape index (κ2) is 4.46. The summed E-state index contributed by atoms with van der Waals surface area (Å²) in [6, 6.07) is 3.28. The van der Waals surface area contributed by atoms with E-state index in [0.29, 0.717) is 19.1 Å². The number of H-pyrrole nitrogens is 1. The first-order chi connectivity index (χ1) is 9.76. The van der Waals surface area contributed by atoms with Crippen molar-refractivity contribution in [2.24, 2.45) is 0 Å². The van der Waals surface area contributed by atoms with Crippen molar-refractivity contribution in [1.29, 1.82) is 0 Å². The van der Waals surface area contributed by atoms with Crippen LogP contribution in [0.15, 0.2) is 29.3 Å². The molecule has 2 fully saturated rings. The molecule has 2 aromatic rings. The fraction of sp³-hybridized carbons (Fsp3) is 0.533. The molecular formula is C15H18N2O3. The van der Waals surface area contributed by atoms with Gasteiger partial charge in [-0.05, 0) is 24.3 Å². The molecule has 106 valence electrons. The maximum Gasteiger partial charge on any atom is 0.182 e. The summed E-state index contributed by atoms with van der Waals surface area (Å²) in [5.74, 6) is 0.149. The van der Waals surface area contributed by atoms with Crippen molar-refractivity contribution in [1.82, 2.24) is 9.61 Å². The van der Waals surface area contributed by atoms with Crippen LogP contribution in [0.5, 0.6) is 0 Å². The molecule has 0 aromatic carbocycles. The highest BCUT2D eigenvalue weighted by Gasteiger charge is 2.40. The van der Waals surface area contributed by atoms with Crippen LogP contribution in [0.4, 0.5) is 0 Å². The Morgan fingerprint density at radius 1 is 1.25 bits per heavy atom. The Kier molecular flexibility index (Phi) is 2.72. The van der Waals surface area contributed by atoms with Crippen molar-refractivity contribution in [2.45, 2.75) is 37.4 Å². The molecule has 3 heterocycles. The summed E-state index contributed by atoms with van der Waals surface area (Å²) in [5, 5.41) is 3.19. The highest BCUT2D eigenvalue weighted by molar-refractivity contribution is 5.55. The molecule has 1 saturated carbocycles. The minimum atomic E-state index is -0.320. The van der Waals surface area contributed by atoms with Crippen molar-refractivity contribution in [2.75, 3.05) is 13.2 Å². The summed E-state index contributed by atoms with van der Waals surface area (Å²) in [4.78, 5) is 11.6. The first kappa shape index (κ1) is 12.2. The molecular weight excluding hydrogens is 256 g/mol. The third-order valence-electron chi connectivity index (χ3n) is 4.58. The normalized spacial score (nSPS) is 22.8. The number of nitrogens with one attached hydrogen (secondary N) is 1. The molecule has 1 spiro atoms. The smallest absolute Gasteiger partial charge is 0.182 e. The van der Waals surface area contributed by atoms with Gasteiger partial charge in [0, 0.05) is 37.4 Å². The monoisotopic (exact) mass is 274 g/mol. The highest BCUT2D eigenvalue weighted by atomic mass is 16.7. The number of hydrogen-bond donors (Lipinski definition) is 1. The van der Waals surface area contributed by atoms with E-state index in [-0.39, 0.29) is 11.2 Å². The zero-order valence-corrected chi connectivity index (χ0v) is 11.3. The lowest BCUT2D eigenvalue weighted by Crippen LogP contribution is -2.34. The molecule has 0 bridgehead atoms. The summed E-state index contributed by atoms with van der Waals surface area (Å²) in [6.45, 7) is 1.43. The van der Waals surface area contributed by atoms with Crippen molar-refractivity contribution < 1.29 is 9.47 Å². The molecule has 20 heavy (non-hydrogen) atoms. The number of aromatic nitrogens is 2. The summed E-state index contributed by atoms with van der Waals surface area (Å²) in [7, 11) is 0. The average molecular weight is 274 g/mol. The zero-order valence-electron chi connectivity index (χ0n) is 11.3. The van der Waals surface area contributed by atoms with Crippen LogP contribution >= 0.6 is 0 Å². The molecule has 5 heteroatoms. The van der Waals surface area contributed by atoms with Crippen LogP contribution in [-0.2, 0) is 9.47 Å². The number of pyridine rings is 1. The van der Waals surface area contributed by atoms with Gasteiger partial charge < -0.3 is 14.6 Å². The number of rotatable bonds is 1. The molecule has 0 atom stereocenters. The standard InChI is InChI=1S/C15H18N2O3/c18-12-3-6-17-14(9-12)13(10-16-17)11-1-4-15(5-2-11)19-7-8-20-15/h3,6,9-11,16H,1-2,4-5,7-8H2. The summed E-state index contributed by atoms with van der Waals surface area (Å²) < 4.78 is 13.4. The van der Waals surface area contributed by atoms with Gasteiger partial charge in [-0.2, -0.15) is 0 Å². The number of ether oxygens (including phenoxy) is 2. The van der Waals surface area contributed by atoms with E-state index in [1.165, 1.54) is 5.56 Å². The van der Waals surface area contributed by atoms with E-state index in [1.807, 2.05) is 10.7 Å². The number of hydrogen-bond acceptors (Lipinski definition) is 3. The molecule has 1 N–H and O–H groups in total. The van der Waals surface area contributed by atoms with Gasteiger partial charge in [0.15, 0.2) is 11.2 Å². The van der Waals surface area contributed by atoms with E-state index in [1.54, 1.807) is 18.3 Å². The average Bonchev–Trinajstić information content (AvgIpc) is 3.07. The van der Waals surface area contributed by atoms with E-state index in [2.05, 4.69) is 5.10 Å². The van der Waals surface area contributed by atoms with Crippen LogP contribution in [0.1, 0.15) is 37.2 Å². The number of nitrogens with zero attached hydrogens (tertiary/aromatic N) is 1. The minimum Gasteiger partial charge on any atom is -0.348 e. The Bertz CT molecular complexity index is 672. The molecule has 1 aliphatic heterocycles. The molecule has 0 radical (unpaired) electrons. The summed E-state index contributed by atoms with van der Waals surface area (Å²) >= 11 is 0. The predicted octanol–water partition coefficient (Wildman–Crippen LogP) is 2.03. The molecule has 0 amide bonds. The number of fused-ring (bicyclic) bond motifs is 1. The van der Waals surface area contributed by atoms with Crippen molar-refractivity contribution >= 4 is 5.52 Å². The Labute approximate surface area is 116 Å². The summed E-state index contributed by atoms with van der Waals surface area (Å²) in [6.07, 6.45) is 7.76. The van der Waals surface area contributed by atoms with E-state index in [4.69, 9.17) is 9.47 Å². The quantitative estimate of drug-likeness (QED) is 0.865. The van der Waals surface area contributed by atoms with Crippen LogP contribution < -0.4 is 5.43 Å². The van der Waals surface area contributed by atoms with Crippen LogP contribution in [0.2, 0.25) is 0 Å². The molecule has 1 aliphatic carbocycles. The van der Waals surface area contributed by atoms with E-state index < -0.39 is 0 Å². The lowest BCUT2D eigenvalue weighted by atomic mass is 9.81. The lowest BCUT2D eigenvalue weighted by molar-refractivity contribution is -0.178. The Morgan fingerprint density at radius 2 is 2.00 bits per heavy atom. The molecule has 1 saturated heterocycles. The van der Waals surface area contributed by atoms with Gasteiger partial charge in [0.1, 0.15) is 0 Å². The molecule has 4 rings (SSSR count). The SMILES string of the molecule is O=c1ccn2[nH]cc(C3CCC4(CC3)OCCO4)c2c1. The van der Waals surface area contributed by atoms with Crippen molar-refractivity contribution in [3.05, 3.63) is 40.3 Å². The maximum atomic E-state index is 11.6. The van der Waals surface area contributed by atoms with Gasteiger partial charge in [0.05, 0.1) is 18.7 Å². The molecule has 2 aliphatic rings. The third kappa shape index (κ3) is 1.89. The highest BCUT2D eigenvalue weighted by Crippen LogP contribution is 2.42. The van der Waals surface area contributed by atoms with Gasteiger partial charge in [-0.15, -0.1) is 0 Å². The van der Waals surface area contributed by atoms with Gasteiger partial charge >= 0.3 is 0 Å². The molecule has 5 nitrogen and oxygen atoms in total. The zero-order chi connectivity index (χ0) is 13.6. The maximum absolute atomic E-state index is 11.6. The molecule has 0 unspecified atom stereocenters. The van der Waals surface area contributed by atoms with Gasteiger partial charge in [0.25, 0.3) is 0 Å². The van der Waals surface area contributed by atoms with Crippen molar-refractivity contribution in [3.8, 4) is 0 Å². The van der Waals surface area contributed by atoms with Gasteiger partial charge in [0.2, 0.25) is 0 Å². The van der Waals surface area contributed by atoms with Crippen LogP contribution in [0.25, 0.3) is 5.52 Å². The Balaban J connectivity index is 1.61. The lowest BCUT2D eigenvalue weighted by Gasteiger charge is -2.35. The Hall–Kier alpha value is -1.59. The number of aromatic amines is 1. The fourth-order valence-electron chi connectivity index (χ4n) is 3.51. The van der Waals surface area contributed by atoms with Crippen LogP contribution in [0, 0.1) is 0 Å². The van der Waals surface area contributed by atoms with Gasteiger partial charge in [-0.3, -0.25) is 9.31 Å². The first-order valence-corrected chi connectivity index (χ1v) is 7.23. The second-order valence-electron chi connectivity index (χ2n) is 5.73. The largest absolute Gasteiger partial charge is 0.348 e. The fourth-order valence-corrected chi connectivity index (χ4v) is 3.51. The van der Waals surface area contributed by atoms with E-state index >= 15 is 0 Å². The minimum absolute atomic E-state index is 0.0561. The topological polar surface area (TPSA) is 55.7 Å². The van der Waals surface area contributed by atoms with Crippen molar-refractivity contribution in [3.63, 3.8) is 0 Å². The summed E-state index contributed by atoms with van der Waals surface area (Å²) in [5.41, 5.74) is 2.28. The second-order valence-corrected chi connectivity index (χ2v) is 5.73. The van der Waals surface area contributed by atoms with E-state index in [9.17, 15) is 4.79 Å². The van der Waals surface area contributed by atoms with Gasteiger partial charge in [-0.25, -0.2) is 0 Å².